The van der Waals surface area contributed by atoms with Gasteiger partial charge in [-0.2, -0.15) is 5.26 Å². The van der Waals surface area contributed by atoms with Crippen molar-refractivity contribution >= 4 is 33.1 Å². The van der Waals surface area contributed by atoms with Gasteiger partial charge in [0.2, 0.25) is 5.88 Å². The molecule has 2 N–H and O–H groups in total. The van der Waals surface area contributed by atoms with Crippen LogP contribution in [0.3, 0.4) is 0 Å². The minimum atomic E-state index is -4.11. The molecule has 0 fully saturated rings. The lowest BCUT2D eigenvalue weighted by Crippen LogP contribution is -2.39. The van der Waals surface area contributed by atoms with Crippen molar-refractivity contribution in [2.75, 3.05) is 4.31 Å². The first kappa shape index (κ1) is 22.1. The maximum atomic E-state index is 14.2. The summed E-state index contributed by atoms with van der Waals surface area (Å²) in [6, 6.07) is 23.6. The van der Waals surface area contributed by atoms with Crippen LogP contribution in [0.4, 0.5) is 5.69 Å². The highest BCUT2D eigenvalue weighted by molar-refractivity contribution is 7.96. The molecule has 1 atom stereocenters. The van der Waals surface area contributed by atoms with Gasteiger partial charge in [-0.1, -0.05) is 65.7 Å². The highest BCUT2D eigenvalue weighted by Gasteiger charge is 2.47. The van der Waals surface area contributed by atoms with Gasteiger partial charge in [0.1, 0.15) is 16.5 Å². The summed E-state index contributed by atoms with van der Waals surface area (Å²) in [6.07, 6.45) is 0. The second-order valence-electron chi connectivity index (χ2n) is 8.19. The Balaban J connectivity index is 1.76. The Bertz CT molecular complexity index is 1520. The number of allylic oxidation sites excluding steroid dienone is 2. The molecule has 2 aliphatic heterocycles. The fourth-order valence-corrected chi connectivity index (χ4v) is 6.46. The van der Waals surface area contributed by atoms with E-state index in [-0.39, 0.29) is 28.7 Å². The van der Waals surface area contributed by atoms with Gasteiger partial charge < -0.3 is 10.5 Å². The molecule has 8 heteroatoms. The second kappa shape index (κ2) is 8.24. The number of nitrogens with two attached hydrogens (primary N) is 1. The summed E-state index contributed by atoms with van der Waals surface area (Å²) in [7, 11) is -4.11. The smallest absolute Gasteiger partial charge is 0.265 e. The number of hydrogen-bond donors (Lipinski definition) is 1. The van der Waals surface area contributed by atoms with Crippen molar-refractivity contribution in [3.63, 3.8) is 0 Å². The molecule has 0 bridgehead atoms. The molecule has 2 heterocycles. The predicted octanol–water partition coefficient (Wildman–Crippen LogP) is 5.17. The molecule has 2 aliphatic rings. The minimum absolute atomic E-state index is 0.0107. The Kier molecular flexibility index (Phi) is 5.35. The SMILES string of the molecule is Cc1cccc([C@@H]2C(C#N)=C(N)OC3=C2S(=O)(=O)N(Cc2ccc(Cl)cc2)c2ccccc23)c1. The molecule has 3 aromatic carbocycles. The van der Waals surface area contributed by atoms with Gasteiger partial charge in [0.05, 0.1) is 18.2 Å². The number of nitrogens with zero attached hydrogens (tertiary/aromatic N) is 2. The van der Waals surface area contributed by atoms with Gasteiger partial charge in [-0.15, -0.1) is 0 Å². The Morgan fingerprint density at radius 2 is 1.82 bits per heavy atom. The van der Waals surface area contributed by atoms with Crippen molar-refractivity contribution in [2.45, 2.75) is 19.4 Å². The molecule has 0 aromatic heterocycles. The van der Waals surface area contributed by atoms with Crippen molar-refractivity contribution in [1.82, 2.24) is 0 Å². The normalized spacial score (nSPS) is 18.6. The highest BCUT2D eigenvalue weighted by atomic mass is 35.5. The van der Waals surface area contributed by atoms with E-state index >= 15 is 0 Å². The van der Waals surface area contributed by atoms with Gasteiger partial charge in [-0.3, -0.25) is 4.31 Å². The molecule has 0 spiro atoms. The first-order chi connectivity index (χ1) is 16.3. The van der Waals surface area contributed by atoms with Crippen molar-refractivity contribution in [3.8, 4) is 6.07 Å². The number of rotatable bonds is 3. The third-order valence-corrected chi connectivity index (χ3v) is 8.11. The van der Waals surface area contributed by atoms with Crippen LogP contribution in [0.1, 0.15) is 28.2 Å². The molecule has 3 aromatic rings. The number of aryl methyl sites for hydroxylation is 1. The zero-order valence-electron chi connectivity index (χ0n) is 18.2. The number of halogens is 1. The van der Waals surface area contributed by atoms with E-state index in [1.807, 2.05) is 31.2 Å². The van der Waals surface area contributed by atoms with Crippen molar-refractivity contribution in [1.29, 1.82) is 5.26 Å². The zero-order valence-corrected chi connectivity index (χ0v) is 19.8. The Morgan fingerprint density at radius 1 is 1.09 bits per heavy atom. The van der Waals surface area contributed by atoms with Gasteiger partial charge in [-0.05, 0) is 42.3 Å². The van der Waals surface area contributed by atoms with Gasteiger partial charge in [0, 0.05) is 10.6 Å². The largest absolute Gasteiger partial charge is 0.439 e. The summed E-state index contributed by atoms with van der Waals surface area (Å²) in [4.78, 5) is 0.0107. The van der Waals surface area contributed by atoms with E-state index in [9.17, 15) is 13.7 Å². The Morgan fingerprint density at radius 3 is 2.53 bits per heavy atom. The zero-order chi connectivity index (χ0) is 24.0. The fourth-order valence-electron chi connectivity index (χ4n) is 4.42. The summed E-state index contributed by atoms with van der Waals surface area (Å²) < 4.78 is 35.6. The summed E-state index contributed by atoms with van der Waals surface area (Å²) >= 11 is 6.02. The molecule has 6 nitrogen and oxygen atoms in total. The molecule has 0 saturated carbocycles. The van der Waals surface area contributed by atoms with E-state index in [0.717, 1.165) is 11.1 Å². The number of sulfonamides is 1. The van der Waals surface area contributed by atoms with Gasteiger partial charge in [-0.25, -0.2) is 8.42 Å². The molecule has 0 radical (unpaired) electrons. The maximum Gasteiger partial charge on any atom is 0.265 e. The van der Waals surface area contributed by atoms with Crippen LogP contribution in [-0.2, 0) is 21.3 Å². The molecule has 0 unspecified atom stereocenters. The topological polar surface area (TPSA) is 96.4 Å². The van der Waals surface area contributed by atoms with Crippen LogP contribution in [0.25, 0.3) is 5.76 Å². The molecule has 0 amide bonds. The summed E-state index contributed by atoms with van der Waals surface area (Å²) in [5.74, 6) is -0.824. The van der Waals surface area contributed by atoms with Crippen LogP contribution in [0, 0.1) is 18.3 Å². The average molecular weight is 490 g/mol. The van der Waals surface area contributed by atoms with E-state index in [1.54, 1.807) is 48.5 Å². The molecule has 0 aliphatic carbocycles. The van der Waals surface area contributed by atoms with E-state index in [4.69, 9.17) is 22.1 Å². The summed E-state index contributed by atoms with van der Waals surface area (Å²) in [5, 5.41) is 10.5. The number of anilines is 1. The number of ether oxygens (including phenoxy) is 1. The van der Waals surface area contributed by atoms with Crippen LogP contribution in [0.2, 0.25) is 5.02 Å². The third-order valence-electron chi connectivity index (χ3n) is 5.97. The fraction of sp³-hybridized carbons (Fsp3) is 0.115. The van der Waals surface area contributed by atoms with Crippen LogP contribution in [0.5, 0.6) is 0 Å². The first-order valence-corrected chi connectivity index (χ1v) is 12.4. The van der Waals surface area contributed by atoms with Crippen molar-refractivity contribution in [2.24, 2.45) is 5.73 Å². The molecule has 5 rings (SSSR count). The average Bonchev–Trinajstić information content (AvgIpc) is 2.82. The number of hydrogen-bond acceptors (Lipinski definition) is 5. The summed E-state index contributed by atoms with van der Waals surface area (Å²) in [6.45, 7) is 2.00. The number of para-hydroxylation sites is 1. The van der Waals surface area contributed by atoms with Crippen LogP contribution in [0.15, 0.2) is 89.2 Å². The predicted molar refractivity (Wildman–Crippen MR) is 132 cm³/mol. The quantitative estimate of drug-likeness (QED) is 0.547. The molecule has 170 valence electrons. The van der Waals surface area contributed by atoms with Gasteiger partial charge in [0.25, 0.3) is 10.0 Å². The van der Waals surface area contributed by atoms with Gasteiger partial charge >= 0.3 is 0 Å². The number of fused-ring (bicyclic) bond motifs is 2. The number of benzene rings is 3. The molecular weight excluding hydrogens is 470 g/mol. The first-order valence-electron chi connectivity index (χ1n) is 10.6. The lowest BCUT2D eigenvalue weighted by atomic mass is 9.87. The molecule has 34 heavy (non-hydrogen) atoms. The Hall–Kier alpha value is -3.73. The standard InChI is InChI=1S/C26H20ClN3O3S/c1-16-5-4-6-18(13-16)23-21(14-28)26(29)33-24-20-7-2-3-8-22(20)30(34(31,32)25(23)24)15-17-9-11-19(27)12-10-17/h2-13,23H,15,29H2,1H3/t23-/m1/s1. The third kappa shape index (κ3) is 3.52. The number of nitriles is 1. The lowest BCUT2D eigenvalue weighted by Gasteiger charge is -2.38. The van der Waals surface area contributed by atoms with Crippen LogP contribution >= 0.6 is 11.6 Å². The van der Waals surface area contributed by atoms with Crippen LogP contribution in [-0.4, -0.2) is 8.42 Å². The Labute approximate surface area is 203 Å². The molecular formula is C26H20ClN3O3S. The maximum absolute atomic E-state index is 14.2. The van der Waals surface area contributed by atoms with E-state index in [1.165, 1.54) is 4.31 Å². The van der Waals surface area contributed by atoms with E-state index < -0.39 is 15.9 Å². The molecule has 0 saturated heterocycles. The minimum Gasteiger partial charge on any atom is -0.439 e. The van der Waals surface area contributed by atoms with Crippen molar-refractivity contribution < 1.29 is 13.2 Å². The highest BCUT2D eigenvalue weighted by Crippen LogP contribution is 2.51. The van der Waals surface area contributed by atoms with E-state index in [2.05, 4.69) is 6.07 Å². The van der Waals surface area contributed by atoms with Gasteiger partial charge in [0.15, 0.2) is 5.76 Å². The van der Waals surface area contributed by atoms with E-state index in [0.29, 0.717) is 21.8 Å². The monoisotopic (exact) mass is 489 g/mol. The lowest BCUT2D eigenvalue weighted by molar-refractivity contribution is 0.357. The van der Waals surface area contributed by atoms with Crippen LogP contribution < -0.4 is 10.0 Å². The second-order valence-corrected chi connectivity index (χ2v) is 10.5. The summed E-state index contributed by atoms with van der Waals surface area (Å²) in [5.41, 5.74) is 9.67. The van der Waals surface area contributed by atoms with Crippen molar-refractivity contribution in [3.05, 3.63) is 116 Å².